The molecule has 1 aromatic carbocycles. The van der Waals surface area contributed by atoms with Gasteiger partial charge in [0.25, 0.3) is 5.91 Å². The summed E-state index contributed by atoms with van der Waals surface area (Å²) in [6.07, 6.45) is 3.16. The molecule has 0 bridgehead atoms. The molecule has 3 amide bonds. The molecule has 1 aliphatic rings. The lowest BCUT2D eigenvalue weighted by molar-refractivity contribution is -0.122. The van der Waals surface area contributed by atoms with Crippen LogP contribution in [-0.2, 0) is 4.79 Å². The lowest BCUT2D eigenvalue weighted by Crippen LogP contribution is -2.30. The van der Waals surface area contributed by atoms with Gasteiger partial charge in [-0.1, -0.05) is 34.1 Å². The molecular weight excluding hydrogens is 296 g/mol. The largest absolute Gasteiger partial charge is 0.329 e. The number of nitrogens with one attached hydrogen (secondary N) is 1. The molecule has 0 atom stereocenters. The van der Waals surface area contributed by atoms with Gasteiger partial charge in [-0.15, -0.1) is 6.58 Å². The topological polar surface area (TPSA) is 49.4 Å². The van der Waals surface area contributed by atoms with Crippen LogP contribution < -0.4 is 5.32 Å². The minimum Gasteiger partial charge on any atom is -0.303 e. The standard InChI is InChI=1S/C13H11BrN2O2/c1-2-6-16-12(17)11(15-13(16)18)8-9-4-3-5-10(14)7-9/h2-5,7-8H,1,6H2,(H,15,18)/b11-8+. The van der Waals surface area contributed by atoms with E-state index < -0.39 is 6.03 Å². The summed E-state index contributed by atoms with van der Waals surface area (Å²) in [5.41, 5.74) is 1.12. The first-order valence-electron chi connectivity index (χ1n) is 5.33. The van der Waals surface area contributed by atoms with Crippen molar-refractivity contribution < 1.29 is 9.59 Å². The molecule has 5 heteroatoms. The molecule has 0 aromatic heterocycles. The van der Waals surface area contributed by atoms with E-state index in [2.05, 4.69) is 27.8 Å². The molecule has 0 saturated carbocycles. The van der Waals surface area contributed by atoms with Crippen LogP contribution in [-0.4, -0.2) is 23.4 Å². The second kappa shape index (κ2) is 5.18. The molecule has 4 nitrogen and oxygen atoms in total. The third-order valence-corrected chi connectivity index (χ3v) is 2.93. The first-order chi connectivity index (χ1) is 8.61. The number of nitrogens with zero attached hydrogens (tertiary/aromatic N) is 1. The van der Waals surface area contributed by atoms with E-state index in [4.69, 9.17) is 0 Å². The molecule has 92 valence electrons. The van der Waals surface area contributed by atoms with E-state index in [-0.39, 0.29) is 18.1 Å². The average Bonchev–Trinajstić information content (AvgIpc) is 2.57. The third kappa shape index (κ3) is 2.51. The quantitative estimate of drug-likeness (QED) is 0.530. The van der Waals surface area contributed by atoms with Gasteiger partial charge < -0.3 is 5.32 Å². The summed E-state index contributed by atoms with van der Waals surface area (Å²) in [6.45, 7) is 3.72. The molecule has 1 saturated heterocycles. The van der Waals surface area contributed by atoms with E-state index in [0.717, 1.165) is 14.9 Å². The van der Waals surface area contributed by atoms with E-state index >= 15 is 0 Å². The Bertz CT molecular complexity index is 552. The Morgan fingerprint density at radius 1 is 1.39 bits per heavy atom. The number of benzene rings is 1. The van der Waals surface area contributed by atoms with Crippen molar-refractivity contribution in [2.75, 3.05) is 6.54 Å². The zero-order chi connectivity index (χ0) is 13.1. The van der Waals surface area contributed by atoms with Crippen molar-refractivity contribution in [3.05, 3.63) is 52.7 Å². The highest BCUT2D eigenvalue weighted by Crippen LogP contribution is 2.17. The molecule has 0 aliphatic carbocycles. The predicted molar refractivity (Wildman–Crippen MR) is 72.6 cm³/mol. The summed E-state index contributed by atoms with van der Waals surface area (Å²) < 4.78 is 0.913. The highest BCUT2D eigenvalue weighted by molar-refractivity contribution is 9.10. The Kier molecular flexibility index (Phi) is 3.62. The summed E-state index contributed by atoms with van der Waals surface area (Å²) >= 11 is 3.35. The maximum Gasteiger partial charge on any atom is 0.329 e. The van der Waals surface area contributed by atoms with Gasteiger partial charge in [-0.05, 0) is 23.8 Å². The van der Waals surface area contributed by atoms with E-state index in [9.17, 15) is 9.59 Å². The second-order valence-electron chi connectivity index (χ2n) is 3.75. The van der Waals surface area contributed by atoms with Crippen molar-refractivity contribution in [3.63, 3.8) is 0 Å². The maximum atomic E-state index is 11.9. The number of carbonyl (C=O) groups excluding carboxylic acids is 2. The first-order valence-corrected chi connectivity index (χ1v) is 6.12. The minimum absolute atomic E-state index is 0.209. The van der Waals surface area contributed by atoms with Crippen LogP contribution in [0, 0.1) is 0 Å². The van der Waals surface area contributed by atoms with Crippen LogP contribution in [0.3, 0.4) is 0 Å². The number of carbonyl (C=O) groups is 2. The van der Waals surface area contributed by atoms with Gasteiger partial charge in [0, 0.05) is 11.0 Å². The highest BCUT2D eigenvalue weighted by Gasteiger charge is 2.32. The summed E-state index contributed by atoms with van der Waals surface area (Å²) in [5.74, 6) is -0.333. The van der Waals surface area contributed by atoms with Gasteiger partial charge in [0.15, 0.2) is 0 Å². The molecule has 1 N–H and O–H groups in total. The summed E-state index contributed by atoms with van der Waals surface area (Å²) in [4.78, 5) is 24.6. The van der Waals surface area contributed by atoms with Crippen molar-refractivity contribution in [3.8, 4) is 0 Å². The Balaban J connectivity index is 2.27. The third-order valence-electron chi connectivity index (χ3n) is 2.43. The Morgan fingerprint density at radius 2 is 2.17 bits per heavy atom. The first kappa shape index (κ1) is 12.6. The number of imide groups is 1. The molecule has 1 aliphatic heterocycles. The van der Waals surface area contributed by atoms with Gasteiger partial charge in [0.05, 0.1) is 0 Å². The van der Waals surface area contributed by atoms with Crippen LogP contribution in [0.15, 0.2) is 47.1 Å². The summed E-state index contributed by atoms with van der Waals surface area (Å²) in [6, 6.07) is 7.05. The second-order valence-corrected chi connectivity index (χ2v) is 4.66. The van der Waals surface area contributed by atoms with Gasteiger partial charge in [0.2, 0.25) is 0 Å². The number of hydrogen-bond acceptors (Lipinski definition) is 2. The molecular formula is C13H11BrN2O2. The number of halogens is 1. The van der Waals surface area contributed by atoms with E-state index in [1.807, 2.05) is 24.3 Å². The average molecular weight is 307 g/mol. The molecule has 0 radical (unpaired) electrons. The van der Waals surface area contributed by atoms with Crippen molar-refractivity contribution in [2.24, 2.45) is 0 Å². The monoisotopic (exact) mass is 306 g/mol. The van der Waals surface area contributed by atoms with Gasteiger partial charge in [0.1, 0.15) is 5.70 Å². The summed E-state index contributed by atoms with van der Waals surface area (Å²) in [7, 11) is 0. The fourth-order valence-electron chi connectivity index (χ4n) is 1.63. The number of amides is 3. The lowest BCUT2D eigenvalue weighted by atomic mass is 10.2. The number of hydrogen-bond donors (Lipinski definition) is 1. The molecule has 0 unspecified atom stereocenters. The highest BCUT2D eigenvalue weighted by atomic mass is 79.9. The van der Waals surface area contributed by atoms with Crippen molar-refractivity contribution in [1.29, 1.82) is 0 Å². The van der Waals surface area contributed by atoms with Gasteiger partial charge in [-0.25, -0.2) is 4.79 Å². The van der Waals surface area contributed by atoms with Crippen LogP contribution in [0.5, 0.6) is 0 Å². The van der Waals surface area contributed by atoms with Gasteiger partial charge >= 0.3 is 6.03 Å². The Labute approximate surface area is 113 Å². The molecule has 0 spiro atoms. The maximum absolute atomic E-state index is 11.9. The van der Waals surface area contributed by atoms with Crippen LogP contribution in [0.1, 0.15) is 5.56 Å². The molecule has 2 rings (SSSR count). The number of urea groups is 1. The van der Waals surface area contributed by atoms with Crippen LogP contribution >= 0.6 is 15.9 Å². The SMILES string of the molecule is C=CCN1C(=O)N/C(=C/c2cccc(Br)c2)C1=O. The van der Waals surface area contributed by atoms with Crippen molar-refractivity contribution in [1.82, 2.24) is 10.2 Å². The van der Waals surface area contributed by atoms with Gasteiger partial charge in [-0.2, -0.15) is 0 Å². The Hall–Kier alpha value is -1.88. The molecule has 18 heavy (non-hydrogen) atoms. The fraction of sp³-hybridized carbons (Fsp3) is 0.0769. The number of rotatable bonds is 3. The summed E-state index contributed by atoms with van der Waals surface area (Å²) in [5, 5.41) is 2.54. The lowest BCUT2D eigenvalue weighted by Gasteiger charge is -2.06. The Morgan fingerprint density at radius 3 is 2.83 bits per heavy atom. The normalized spacial score (nSPS) is 17.2. The van der Waals surface area contributed by atoms with Crippen LogP contribution in [0.2, 0.25) is 0 Å². The molecule has 1 aromatic rings. The fourth-order valence-corrected chi connectivity index (χ4v) is 2.05. The van der Waals surface area contributed by atoms with E-state index in [1.54, 1.807) is 6.08 Å². The zero-order valence-electron chi connectivity index (χ0n) is 9.52. The van der Waals surface area contributed by atoms with Crippen LogP contribution in [0.4, 0.5) is 4.79 Å². The van der Waals surface area contributed by atoms with Crippen molar-refractivity contribution >= 4 is 33.9 Å². The van der Waals surface area contributed by atoms with Crippen LogP contribution in [0.25, 0.3) is 6.08 Å². The molecule has 1 heterocycles. The zero-order valence-corrected chi connectivity index (χ0v) is 11.1. The van der Waals surface area contributed by atoms with E-state index in [0.29, 0.717) is 0 Å². The molecule has 1 fully saturated rings. The predicted octanol–water partition coefficient (Wildman–Crippen LogP) is 2.53. The van der Waals surface area contributed by atoms with Gasteiger partial charge in [-0.3, -0.25) is 9.69 Å². The smallest absolute Gasteiger partial charge is 0.303 e. The van der Waals surface area contributed by atoms with Crippen molar-refractivity contribution in [2.45, 2.75) is 0 Å². The minimum atomic E-state index is -0.416. The van der Waals surface area contributed by atoms with E-state index in [1.165, 1.54) is 6.08 Å².